The normalized spacial score (nSPS) is 14.0. The van der Waals surface area contributed by atoms with Gasteiger partial charge in [0.25, 0.3) is 0 Å². The summed E-state index contributed by atoms with van der Waals surface area (Å²) in [5.41, 5.74) is 2.69. The van der Waals surface area contributed by atoms with E-state index in [1.807, 2.05) is 19.1 Å². The average molecular weight is 385 g/mol. The van der Waals surface area contributed by atoms with Crippen LogP contribution >= 0.6 is 0 Å². The van der Waals surface area contributed by atoms with E-state index in [1.165, 1.54) is 5.56 Å². The highest BCUT2D eigenvalue weighted by atomic mass is 16.7. The Labute approximate surface area is 168 Å². The van der Waals surface area contributed by atoms with Crippen LogP contribution in [0.5, 0.6) is 5.75 Å². The number of benzene rings is 2. The minimum Gasteiger partial charge on any atom is -0.478 e. The number of carboxylic acids is 1. The maximum atomic E-state index is 10.9. The van der Waals surface area contributed by atoms with E-state index in [-0.39, 0.29) is 11.0 Å². The Morgan fingerprint density at radius 2 is 1.54 bits per heavy atom. The van der Waals surface area contributed by atoms with Crippen LogP contribution in [0.2, 0.25) is 0 Å². The summed E-state index contributed by atoms with van der Waals surface area (Å²) in [5.74, 6) is 0.873. The molecule has 0 aromatic heterocycles. The van der Waals surface area contributed by atoms with Crippen LogP contribution in [-0.4, -0.2) is 17.4 Å². The first-order chi connectivity index (χ1) is 13.1. The standard InChI is InChI=1S/C24H32O4/c1-16(2)22(24(4,5)6)19-11-13-21(14-12-19)28-17(3)27-15-18-7-9-20(10-8-18)23(25)26/h7-14,16-17,22H,15H2,1-6H3,(H,25,26). The fraction of sp³-hybridized carbons (Fsp3) is 0.458. The highest BCUT2D eigenvalue weighted by Gasteiger charge is 2.28. The quantitative estimate of drug-likeness (QED) is 0.558. The van der Waals surface area contributed by atoms with Gasteiger partial charge >= 0.3 is 5.97 Å². The van der Waals surface area contributed by atoms with Gasteiger partial charge in [0.2, 0.25) is 0 Å². The molecule has 0 saturated heterocycles. The summed E-state index contributed by atoms with van der Waals surface area (Å²) in [7, 11) is 0. The molecule has 2 atom stereocenters. The summed E-state index contributed by atoms with van der Waals surface area (Å²) in [4.78, 5) is 10.9. The zero-order chi connectivity index (χ0) is 20.9. The molecule has 0 aliphatic heterocycles. The summed E-state index contributed by atoms with van der Waals surface area (Å²) in [6.45, 7) is 13.6. The van der Waals surface area contributed by atoms with Crippen molar-refractivity contribution in [1.82, 2.24) is 0 Å². The Morgan fingerprint density at radius 3 is 2.00 bits per heavy atom. The summed E-state index contributed by atoms with van der Waals surface area (Å²) in [6, 6.07) is 14.9. The molecule has 0 aliphatic rings. The highest BCUT2D eigenvalue weighted by Crippen LogP contribution is 2.40. The monoisotopic (exact) mass is 384 g/mol. The first kappa shape index (κ1) is 22.0. The molecule has 2 rings (SSSR count). The molecule has 0 radical (unpaired) electrons. The first-order valence-electron chi connectivity index (χ1n) is 9.78. The van der Waals surface area contributed by atoms with Gasteiger partial charge in [0, 0.05) is 0 Å². The molecule has 2 aromatic carbocycles. The van der Waals surface area contributed by atoms with Gasteiger partial charge in [-0.3, -0.25) is 0 Å². The van der Waals surface area contributed by atoms with Crippen LogP contribution in [0.15, 0.2) is 48.5 Å². The van der Waals surface area contributed by atoms with Crippen LogP contribution in [0.4, 0.5) is 0 Å². The van der Waals surface area contributed by atoms with Gasteiger partial charge < -0.3 is 14.6 Å². The van der Waals surface area contributed by atoms with Crippen molar-refractivity contribution in [1.29, 1.82) is 0 Å². The molecule has 2 aromatic rings. The number of ether oxygens (including phenoxy) is 2. The van der Waals surface area contributed by atoms with Crippen molar-refractivity contribution >= 4 is 5.97 Å². The smallest absolute Gasteiger partial charge is 0.335 e. The fourth-order valence-corrected chi connectivity index (χ4v) is 3.82. The van der Waals surface area contributed by atoms with E-state index in [9.17, 15) is 4.79 Å². The Kier molecular flexibility index (Phi) is 7.25. The van der Waals surface area contributed by atoms with Crippen LogP contribution in [-0.2, 0) is 11.3 Å². The van der Waals surface area contributed by atoms with Crippen LogP contribution in [0.1, 0.15) is 68.9 Å². The van der Waals surface area contributed by atoms with Crippen molar-refractivity contribution in [3.63, 3.8) is 0 Å². The average Bonchev–Trinajstić information content (AvgIpc) is 2.60. The molecule has 1 N–H and O–H groups in total. The molecular weight excluding hydrogens is 352 g/mol. The lowest BCUT2D eigenvalue weighted by Gasteiger charge is -2.34. The maximum absolute atomic E-state index is 10.9. The molecule has 4 nitrogen and oxygen atoms in total. The lowest BCUT2D eigenvalue weighted by molar-refractivity contribution is -0.0759. The fourth-order valence-electron chi connectivity index (χ4n) is 3.82. The van der Waals surface area contributed by atoms with E-state index in [4.69, 9.17) is 14.6 Å². The molecule has 0 saturated carbocycles. The second-order valence-corrected chi connectivity index (χ2v) is 8.66. The SMILES string of the molecule is CC(OCc1ccc(C(=O)O)cc1)Oc1ccc(C(C(C)C)C(C)(C)C)cc1. The number of carboxylic acid groups (broad SMARTS) is 1. The maximum Gasteiger partial charge on any atom is 0.335 e. The summed E-state index contributed by atoms with van der Waals surface area (Å²) in [6.07, 6.45) is -0.409. The summed E-state index contributed by atoms with van der Waals surface area (Å²) < 4.78 is 11.6. The van der Waals surface area contributed by atoms with E-state index < -0.39 is 12.3 Å². The first-order valence-corrected chi connectivity index (χ1v) is 9.78. The van der Waals surface area contributed by atoms with Gasteiger partial charge in [-0.1, -0.05) is 58.9 Å². The Balaban J connectivity index is 1.93. The van der Waals surface area contributed by atoms with Gasteiger partial charge in [0.1, 0.15) is 5.75 Å². The molecule has 0 spiro atoms. The van der Waals surface area contributed by atoms with Gasteiger partial charge in [0.05, 0.1) is 12.2 Å². The molecule has 2 unspecified atom stereocenters. The molecule has 4 heteroatoms. The van der Waals surface area contributed by atoms with Gasteiger partial charge in [0.15, 0.2) is 6.29 Å². The molecule has 0 bridgehead atoms. The lowest BCUT2D eigenvalue weighted by atomic mass is 9.70. The van der Waals surface area contributed by atoms with E-state index in [0.717, 1.165) is 11.3 Å². The number of hydrogen-bond donors (Lipinski definition) is 1. The van der Waals surface area contributed by atoms with Gasteiger partial charge in [-0.2, -0.15) is 0 Å². The Bertz CT molecular complexity index is 755. The number of carbonyl (C=O) groups is 1. The largest absolute Gasteiger partial charge is 0.478 e. The predicted molar refractivity (Wildman–Crippen MR) is 112 cm³/mol. The second-order valence-electron chi connectivity index (χ2n) is 8.66. The topological polar surface area (TPSA) is 55.8 Å². The van der Waals surface area contributed by atoms with Crippen molar-refractivity contribution in [2.24, 2.45) is 11.3 Å². The molecular formula is C24H32O4. The third kappa shape index (κ3) is 6.10. The van der Waals surface area contributed by atoms with Crippen LogP contribution < -0.4 is 4.74 Å². The van der Waals surface area contributed by atoms with Crippen molar-refractivity contribution < 1.29 is 19.4 Å². The number of aromatic carboxylic acids is 1. The van der Waals surface area contributed by atoms with Gasteiger partial charge in [-0.05, 0) is 59.6 Å². The van der Waals surface area contributed by atoms with Crippen LogP contribution in [0.25, 0.3) is 0 Å². The van der Waals surface area contributed by atoms with E-state index in [0.29, 0.717) is 18.4 Å². The van der Waals surface area contributed by atoms with E-state index in [1.54, 1.807) is 24.3 Å². The third-order valence-electron chi connectivity index (χ3n) is 4.83. The van der Waals surface area contributed by atoms with Crippen molar-refractivity contribution in [3.05, 3.63) is 65.2 Å². The Hall–Kier alpha value is -2.33. The highest BCUT2D eigenvalue weighted by molar-refractivity contribution is 5.87. The second kappa shape index (κ2) is 9.24. The van der Waals surface area contributed by atoms with E-state index >= 15 is 0 Å². The van der Waals surface area contributed by atoms with Crippen LogP contribution in [0.3, 0.4) is 0 Å². The molecule has 0 fully saturated rings. The minimum absolute atomic E-state index is 0.198. The summed E-state index contributed by atoms with van der Waals surface area (Å²) in [5, 5.41) is 8.94. The minimum atomic E-state index is -0.932. The molecule has 0 amide bonds. The summed E-state index contributed by atoms with van der Waals surface area (Å²) >= 11 is 0. The van der Waals surface area contributed by atoms with Gasteiger partial charge in [-0.15, -0.1) is 0 Å². The Morgan fingerprint density at radius 1 is 0.964 bits per heavy atom. The van der Waals surface area contributed by atoms with Crippen molar-refractivity contribution in [2.75, 3.05) is 0 Å². The lowest BCUT2D eigenvalue weighted by Crippen LogP contribution is -2.23. The van der Waals surface area contributed by atoms with Gasteiger partial charge in [-0.25, -0.2) is 4.79 Å². The molecule has 0 heterocycles. The van der Waals surface area contributed by atoms with Crippen molar-refractivity contribution in [3.8, 4) is 5.75 Å². The zero-order valence-electron chi connectivity index (χ0n) is 17.7. The number of hydrogen-bond acceptors (Lipinski definition) is 3. The number of rotatable bonds is 8. The van der Waals surface area contributed by atoms with Crippen molar-refractivity contribution in [2.45, 2.75) is 60.4 Å². The third-order valence-corrected chi connectivity index (χ3v) is 4.83. The molecule has 0 aliphatic carbocycles. The van der Waals surface area contributed by atoms with Crippen LogP contribution in [0, 0.1) is 11.3 Å². The van der Waals surface area contributed by atoms with E-state index in [2.05, 4.69) is 46.8 Å². The molecule has 152 valence electrons. The predicted octanol–water partition coefficient (Wildman–Crippen LogP) is 6.11. The zero-order valence-corrected chi connectivity index (χ0v) is 17.7. The molecule has 28 heavy (non-hydrogen) atoms.